The lowest BCUT2D eigenvalue weighted by atomic mass is 10.0. The summed E-state index contributed by atoms with van der Waals surface area (Å²) in [6, 6.07) is -0.197. The molecule has 0 aromatic rings. The van der Waals surface area contributed by atoms with Crippen LogP contribution >= 0.6 is 19.6 Å². The molecule has 41 heavy (non-hydrogen) atoms. The maximum absolute atomic E-state index is 12.1. The molecule has 0 saturated carbocycles. The molecule has 0 spiro atoms. The number of nitrogens with one attached hydrogen (secondary N) is 3. The van der Waals surface area contributed by atoms with E-state index in [1.54, 1.807) is 6.08 Å². The van der Waals surface area contributed by atoms with Gasteiger partial charge in [-0.3, -0.25) is 9.36 Å². The fourth-order valence-corrected chi connectivity index (χ4v) is 7.17. The van der Waals surface area contributed by atoms with E-state index in [1.165, 1.54) is 44.9 Å². The van der Waals surface area contributed by atoms with Crippen molar-refractivity contribution in [3.63, 3.8) is 0 Å². The number of phosphoric ester groups is 1. The van der Waals surface area contributed by atoms with Crippen LogP contribution in [0.15, 0.2) is 12.2 Å². The number of rotatable bonds is 24. The molecule has 13 heteroatoms. The first-order chi connectivity index (χ1) is 19.7. The van der Waals surface area contributed by atoms with Gasteiger partial charge in [-0.05, 0) is 32.1 Å². The molecule has 0 aromatic heterocycles. The van der Waals surface area contributed by atoms with E-state index in [0.29, 0.717) is 11.7 Å². The van der Waals surface area contributed by atoms with Gasteiger partial charge in [0, 0.05) is 24.0 Å². The Morgan fingerprint density at radius 1 is 1.07 bits per heavy atom. The summed E-state index contributed by atoms with van der Waals surface area (Å²) in [4.78, 5) is 42.7. The van der Waals surface area contributed by atoms with Crippen molar-refractivity contribution >= 4 is 31.5 Å². The van der Waals surface area contributed by atoms with E-state index in [1.807, 2.05) is 17.8 Å². The lowest BCUT2D eigenvalue weighted by molar-refractivity contribution is -0.438. The van der Waals surface area contributed by atoms with E-state index >= 15 is 0 Å². The van der Waals surface area contributed by atoms with Crippen LogP contribution in [0, 0.1) is 0 Å². The lowest BCUT2D eigenvalue weighted by Crippen LogP contribution is -2.68. The van der Waals surface area contributed by atoms with Crippen LogP contribution in [-0.2, 0) is 13.9 Å². The van der Waals surface area contributed by atoms with Crippen LogP contribution in [-0.4, -0.2) is 70.3 Å². The van der Waals surface area contributed by atoms with Crippen LogP contribution in [0.1, 0.15) is 103 Å². The third kappa shape index (κ3) is 16.9. The smallest absolute Gasteiger partial charge is 0.315 e. The van der Waals surface area contributed by atoms with Crippen LogP contribution in [0.3, 0.4) is 0 Å². The Kier molecular flexibility index (Phi) is 18.2. The Bertz CT molecular complexity index is 831. The molecule has 0 aliphatic carbocycles. The highest BCUT2D eigenvalue weighted by Crippen LogP contribution is 2.33. The van der Waals surface area contributed by atoms with Gasteiger partial charge in [0.05, 0.1) is 12.1 Å². The van der Waals surface area contributed by atoms with Gasteiger partial charge in [0.25, 0.3) is 7.82 Å². The van der Waals surface area contributed by atoms with Gasteiger partial charge in [0.2, 0.25) is 5.91 Å². The van der Waals surface area contributed by atoms with Gasteiger partial charge >= 0.3 is 6.03 Å². The topological polar surface area (TPSA) is 188 Å². The number of unbranched alkanes of at least 4 members (excludes halogenated alkanes) is 12. The molecule has 2 fully saturated rings. The number of phosphoric acid groups is 1. The van der Waals surface area contributed by atoms with Crippen molar-refractivity contribution in [3.05, 3.63) is 12.2 Å². The number of allylic oxidation sites excluding steroid dienone is 1. The van der Waals surface area contributed by atoms with Crippen LogP contribution in [0.4, 0.5) is 4.79 Å². The summed E-state index contributed by atoms with van der Waals surface area (Å²) < 4.78 is 14.8. The third-order valence-corrected chi connectivity index (χ3v) is 9.70. The van der Waals surface area contributed by atoms with Gasteiger partial charge in [0.1, 0.15) is 18.8 Å². The van der Waals surface area contributed by atoms with Crippen LogP contribution in [0.2, 0.25) is 0 Å². The molecular formula is C28H53N4O7PS. The SMILES string of the molecule is [NH3+][C@@H](COP(=O)([O-])O)[C@H](O)/C=C/CCCCCCCCCCCCCNC(=O)CCCC[C@@H]1SC[C@@H]2NC(=O)N[C@@H]21. The van der Waals surface area contributed by atoms with E-state index in [2.05, 4.69) is 26.2 Å². The zero-order valence-corrected chi connectivity index (χ0v) is 26.2. The summed E-state index contributed by atoms with van der Waals surface area (Å²) in [6.07, 6.45) is 20.1. The molecule has 238 valence electrons. The number of urea groups is 1. The first-order valence-corrected chi connectivity index (χ1v) is 18.0. The molecule has 2 rings (SSSR count). The Labute approximate surface area is 249 Å². The average molecular weight is 621 g/mol. The Morgan fingerprint density at radius 2 is 1.71 bits per heavy atom. The Morgan fingerprint density at radius 3 is 2.37 bits per heavy atom. The predicted octanol–water partition coefficient (Wildman–Crippen LogP) is 2.51. The quantitative estimate of drug-likeness (QED) is 0.0411. The molecule has 2 heterocycles. The van der Waals surface area contributed by atoms with Crippen LogP contribution in [0.5, 0.6) is 0 Å². The zero-order chi connectivity index (χ0) is 29.9. The van der Waals surface area contributed by atoms with Crippen molar-refractivity contribution in [1.29, 1.82) is 0 Å². The number of amides is 3. The molecular weight excluding hydrogens is 567 g/mol. The molecule has 0 radical (unpaired) electrons. The first kappa shape index (κ1) is 36.1. The van der Waals surface area contributed by atoms with E-state index in [4.69, 9.17) is 4.89 Å². The largest absolute Gasteiger partial charge is 0.756 e. The van der Waals surface area contributed by atoms with Crippen molar-refractivity contribution in [2.45, 2.75) is 132 Å². The predicted molar refractivity (Wildman–Crippen MR) is 160 cm³/mol. The normalized spacial score (nSPS) is 23.1. The van der Waals surface area contributed by atoms with Gasteiger partial charge in [0.15, 0.2) is 0 Å². The summed E-state index contributed by atoms with van der Waals surface area (Å²) in [5.41, 5.74) is 3.64. The van der Waals surface area contributed by atoms with Crippen molar-refractivity contribution in [1.82, 2.24) is 16.0 Å². The summed E-state index contributed by atoms with van der Waals surface area (Å²) in [7, 11) is -4.78. The fourth-order valence-electron chi connectivity index (χ4n) is 5.25. The number of quaternary nitrogens is 1. The molecule has 2 aliphatic heterocycles. The number of carbonyl (C=O) groups excluding carboxylic acids is 2. The molecule has 0 bridgehead atoms. The van der Waals surface area contributed by atoms with Crippen molar-refractivity contribution in [2.75, 3.05) is 18.9 Å². The number of aliphatic hydroxyl groups is 1. The highest BCUT2D eigenvalue weighted by molar-refractivity contribution is 8.00. The maximum atomic E-state index is 12.1. The summed E-state index contributed by atoms with van der Waals surface area (Å²) in [5.74, 6) is 1.13. The molecule has 11 nitrogen and oxygen atoms in total. The second-order valence-corrected chi connectivity index (χ2v) is 13.8. The second-order valence-electron chi connectivity index (χ2n) is 11.3. The number of carbonyl (C=O) groups is 2. The molecule has 0 aromatic carbocycles. The summed E-state index contributed by atoms with van der Waals surface area (Å²) >= 11 is 1.92. The Hall–Kier alpha value is -1.14. The van der Waals surface area contributed by atoms with Gasteiger partial charge in [-0.1, -0.05) is 76.4 Å². The first-order valence-electron chi connectivity index (χ1n) is 15.5. The molecule has 3 amide bonds. The van der Waals surface area contributed by atoms with E-state index in [9.17, 15) is 24.2 Å². The minimum absolute atomic E-state index is 0.0447. The number of hydrogen-bond donors (Lipinski definition) is 6. The monoisotopic (exact) mass is 620 g/mol. The maximum Gasteiger partial charge on any atom is 0.315 e. The number of thioether (sulfide) groups is 1. The molecule has 6 atom stereocenters. The second kappa shape index (κ2) is 20.7. The van der Waals surface area contributed by atoms with Crippen molar-refractivity contribution in [2.24, 2.45) is 0 Å². The van der Waals surface area contributed by atoms with Crippen molar-refractivity contribution in [3.8, 4) is 0 Å². The minimum atomic E-state index is -4.78. The zero-order valence-electron chi connectivity index (χ0n) is 24.5. The number of fused-ring (bicyclic) bond motifs is 1. The van der Waals surface area contributed by atoms with E-state index < -0.39 is 20.0 Å². The van der Waals surface area contributed by atoms with Crippen LogP contribution < -0.4 is 26.6 Å². The van der Waals surface area contributed by atoms with Gasteiger partial charge in [-0.15, -0.1) is 0 Å². The van der Waals surface area contributed by atoms with E-state index in [0.717, 1.165) is 63.7 Å². The fraction of sp³-hybridized carbons (Fsp3) is 0.857. The van der Waals surface area contributed by atoms with E-state index in [-0.39, 0.29) is 30.6 Å². The molecule has 2 aliphatic rings. The average Bonchev–Trinajstić information content (AvgIpc) is 3.47. The van der Waals surface area contributed by atoms with Crippen LogP contribution in [0.25, 0.3) is 0 Å². The van der Waals surface area contributed by atoms with Gasteiger partial charge in [-0.25, -0.2) is 4.79 Å². The highest BCUT2D eigenvalue weighted by Gasteiger charge is 2.42. The molecule has 8 N–H and O–H groups in total. The molecule has 1 unspecified atom stereocenters. The lowest BCUT2D eigenvalue weighted by Gasteiger charge is -2.18. The number of aliphatic hydroxyl groups excluding tert-OH is 1. The Balaban J connectivity index is 1.28. The van der Waals surface area contributed by atoms with Crippen molar-refractivity contribution < 1.29 is 39.3 Å². The standard InChI is InChI=1S/C28H53N4O7PS/c29-22(20-39-40(36,37)38)24(33)16-12-10-8-6-4-2-1-3-5-7-9-11-15-19-30-26(34)18-14-13-17-25-27-23(21-41-25)31-28(35)32-27/h12,16,22-25,27,33H,1-11,13-15,17-21,29H2,(H,30,34)(H2,31,32,35)(H2,36,37,38)/b16-12+/t22-,23-,24+,25-,27-/m0/s1. The van der Waals surface area contributed by atoms with Gasteiger partial charge in [-0.2, -0.15) is 11.8 Å². The summed E-state index contributed by atoms with van der Waals surface area (Å²) in [5, 5.41) is 19.4. The number of hydrogen-bond acceptors (Lipinski definition) is 7. The molecule has 2 saturated heterocycles. The summed E-state index contributed by atoms with van der Waals surface area (Å²) in [6.45, 7) is 0.414. The minimum Gasteiger partial charge on any atom is -0.756 e. The highest BCUT2D eigenvalue weighted by atomic mass is 32.2. The van der Waals surface area contributed by atoms with Gasteiger partial charge < -0.3 is 41.1 Å². The third-order valence-electron chi connectivity index (χ3n) is 7.72.